The van der Waals surface area contributed by atoms with Gasteiger partial charge in [-0.05, 0) is 12.8 Å². The lowest BCUT2D eigenvalue weighted by atomic mass is 10.2. The molecule has 0 aliphatic carbocycles. The molecule has 0 fully saturated rings. The van der Waals surface area contributed by atoms with Crippen molar-refractivity contribution in [3.63, 3.8) is 0 Å². The lowest BCUT2D eigenvalue weighted by molar-refractivity contribution is 0.397. The molecular weight excluding hydrogens is 214 g/mol. The molecule has 0 aliphatic heterocycles. The number of nitrogens with one attached hydrogen (secondary N) is 1. The third-order valence-corrected chi connectivity index (χ3v) is 2.37. The van der Waals surface area contributed by atoms with Gasteiger partial charge < -0.3 is 10.1 Å². The van der Waals surface area contributed by atoms with Gasteiger partial charge in [0.15, 0.2) is 0 Å². The Labute approximate surface area is 95.0 Å². The van der Waals surface area contributed by atoms with Gasteiger partial charge in [0.1, 0.15) is 12.1 Å². The van der Waals surface area contributed by atoms with E-state index in [0.29, 0.717) is 17.8 Å². The van der Waals surface area contributed by atoms with Crippen molar-refractivity contribution in [3.8, 4) is 5.88 Å². The van der Waals surface area contributed by atoms with E-state index in [0.717, 1.165) is 18.7 Å². The second kappa shape index (κ2) is 6.45. The fourth-order valence-corrected chi connectivity index (χ4v) is 1.51. The smallest absolute Gasteiger partial charge is 0.218 e. The summed E-state index contributed by atoms with van der Waals surface area (Å²) in [6, 6.07) is 2.12. The predicted molar refractivity (Wildman–Crippen MR) is 61.6 cm³/mol. The second-order valence-corrected chi connectivity index (χ2v) is 3.55. The fourth-order valence-electron chi connectivity index (χ4n) is 1.25. The number of methoxy groups -OCH3 is 1. The number of hydrogen-bond donors (Lipinski definition) is 1. The Kier molecular flexibility index (Phi) is 5.18. The van der Waals surface area contributed by atoms with Crippen molar-refractivity contribution in [1.29, 1.82) is 0 Å². The molecule has 0 amide bonds. The first-order chi connectivity index (χ1) is 7.30. The zero-order valence-electron chi connectivity index (χ0n) is 9.03. The van der Waals surface area contributed by atoms with Gasteiger partial charge in [-0.1, -0.05) is 6.92 Å². The molecule has 0 spiro atoms. The fraction of sp³-hybridized carbons (Fsp3) is 0.600. The number of halogens is 1. The molecular formula is C10H16ClN3O. The van der Waals surface area contributed by atoms with Gasteiger partial charge in [-0.15, -0.1) is 11.6 Å². The van der Waals surface area contributed by atoms with Crippen molar-refractivity contribution in [2.75, 3.05) is 18.3 Å². The standard InChI is InChI=1S/C10H16ClN3O/c1-3-8(4-5-11)14-9-6-10(15-2)13-7-12-9/h6-8H,3-5H2,1-2H3,(H,12,13,14). The summed E-state index contributed by atoms with van der Waals surface area (Å²) in [7, 11) is 1.59. The molecule has 4 nitrogen and oxygen atoms in total. The molecule has 1 N–H and O–H groups in total. The zero-order chi connectivity index (χ0) is 11.1. The van der Waals surface area contributed by atoms with E-state index < -0.39 is 0 Å². The average Bonchev–Trinajstić information content (AvgIpc) is 2.29. The number of aromatic nitrogens is 2. The van der Waals surface area contributed by atoms with Gasteiger partial charge in [-0.2, -0.15) is 0 Å². The van der Waals surface area contributed by atoms with Crippen LogP contribution >= 0.6 is 11.6 Å². The van der Waals surface area contributed by atoms with Gasteiger partial charge >= 0.3 is 0 Å². The first-order valence-corrected chi connectivity index (χ1v) is 5.52. The number of anilines is 1. The Morgan fingerprint density at radius 1 is 1.53 bits per heavy atom. The van der Waals surface area contributed by atoms with Crippen LogP contribution in [0.3, 0.4) is 0 Å². The summed E-state index contributed by atoms with van der Waals surface area (Å²) in [6.45, 7) is 2.11. The highest BCUT2D eigenvalue weighted by Gasteiger charge is 2.06. The molecule has 1 rings (SSSR count). The van der Waals surface area contributed by atoms with E-state index in [2.05, 4.69) is 22.2 Å². The van der Waals surface area contributed by atoms with Crippen molar-refractivity contribution in [3.05, 3.63) is 12.4 Å². The topological polar surface area (TPSA) is 47.0 Å². The highest BCUT2D eigenvalue weighted by atomic mass is 35.5. The monoisotopic (exact) mass is 229 g/mol. The molecule has 1 unspecified atom stereocenters. The molecule has 1 aromatic heterocycles. The molecule has 84 valence electrons. The van der Waals surface area contributed by atoms with E-state index in [1.807, 2.05) is 0 Å². The van der Waals surface area contributed by atoms with Gasteiger partial charge in [0.2, 0.25) is 5.88 Å². The number of alkyl halides is 1. The van der Waals surface area contributed by atoms with Crippen LogP contribution < -0.4 is 10.1 Å². The van der Waals surface area contributed by atoms with Crippen LogP contribution in [0.5, 0.6) is 5.88 Å². The predicted octanol–water partition coefficient (Wildman–Crippen LogP) is 2.30. The third-order valence-electron chi connectivity index (χ3n) is 2.15. The maximum Gasteiger partial charge on any atom is 0.218 e. The molecule has 15 heavy (non-hydrogen) atoms. The van der Waals surface area contributed by atoms with Crippen molar-refractivity contribution >= 4 is 17.4 Å². The van der Waals surface area contributed by atoms with E-state index >= 15 is 0 Å². The normalized spacial score (nSPS) is 12.2. The molecule has 0 saturated carbocycles. The van der Waals surface area contributed by atoms with E-state index in [-0.39, 0.29) is 0 Å². The highest BCUT2D eigenvalue weighted by molar-refractivity contribution is 6.17. The van der Waals surface area contributed by atoms with Crippen LogP contribution in [0.2, 0.25) is 0 Å². The van der Waals surface area contributed by atoms with E-state index in [9.17, 15) is 0 Å². The maximum atomic E-state index is 5.70. The summed E-state index contributed by atoms with van der Waals surface area (Å²) in [5, 5.41) is 3.29. The van der Waals surface area contributed by atoms with E-state index in [1.54, 1.807) is 13.2 Å². The second-order valence-electron chi connectivity index (χ2n) is 3.17. The molecule has 1 heterocycles. The Balaban J connectivity index is 2.61. The highest BCUT2D eigenvalue weighted by Crippen LogP contribution is 2.13. The summed E-state index contributed by atoms with van der Waals surface area (Å²) < 4.78 is 5.01. The van der Waals surface area contributed by atoms with Crippen molar-refractivity contribution < 1.29 is 4.74 Å². The summed E-state index contributed by atoms with van der Waals surface area (Å²) in [5.74, 6) is 1.99. The van der Waals surface area contributed by atoms with Gasteiger partial charge in [0.05, 0.1) is 7.11 Å². The largest absolute Gasteiger partial charge is 0.481 e. The minimum Gasteiger partial charge on any atom is -0.481 e. The Bertz CT molecular complexity index is 296. The van der Waals surface area contributed by atoms with Crippen LogP contribution in [0.1, 0.15) is 19.8 Å². The Hall–Kier alpha value is -1.03. The van der Waals surface area contributed by atoms with E-state index in [4.69, 9.17) is 16.3 Å². The lowest BCUT2D eigenvalue weighted by Crippen LogP contribution is -2.19. The van der Waals surface area contributed by atoms with Gasteiger partial charge in [-0.25, -0.2) is 9.97 Å². The molecule has 0 aromatic carbocycles. The van der Waals surface area contributed by atoms with E-state index in [1.165, 1.54) is 6.33 Å². The van der Waals surface area contributed by atoms with Crippen molar-refractivity contribution in [2.24, 2.45) is 0 Å². The molecule has 1 atom stereocenters. The lowest BCUT2D eigenvalue weighted by Gasteiger charge is -2.16. The molecule has 1 aromatic rings. The van der Waals surface area contributed by atoms with Crippen LogP contribution in [0.4, 0.5) is 5.82 Å². The average molecular weight is 230 g/mol. The van der Waals surface area contributed by atoms with Crippen LogP contribution in [0, 0.1) is 0 Å². The first kappa shape index (κ1) is 12.0. The summed E-state index contributed by atoms with van der Waals surface area (Å²) in [6.07, 6.45) is 3.41. The van der Waals surface area contributed by atoms with Gasteiger partial charge in [0.25, 0.3) is 0 Å². The van der Waals surface area contributed by atoms with Crippen molar-refractivity contribution in [1.82, 2.24) is 9.97 Å². The van der Waals surface area contributed by atoms with Crippen LogP contribution in [0.25, 0.3) is 0 Å². The number of rotatable bonds is 6. The number of ether oxygens (including phenoxy) is 1. The Morgan fingerprint density at radius 3 is 2.93 bits per heavy atom. The van der Waals surface area contributed by atoms with Crippen LogP contribution in [-0.2, 0) is 0 Å². The SMILES string of the molecule is CCC(CCCl)Nc1cc(OC)ncn1. The summed E-state index contributed by atoms with van der Waals surface area (Å²) in [4.78, 5) is 8.05. The molecule has 5 heteroatoms. The maximum absolute atomic E-state index is 5.70. The first-order valence-electron chi connectivity index (χ1n) is 4.98. The van der Waals surface area contributed by atoms with Crippen LogP contribution in [-0.4, -0.2) is 29.0 Å². The van der Waals surface area contributed by atoms with Crippen LogP contribution in [0.15, 0.2) is 12.4 Å². The summed E-state index contributed by atoms with van der Waals surface area (Å²) >= 11 is 5.70. The quantitative estimate of drug-likeness (QED) is 0.761. The molecule has 0 saturated heterocycles. The molecule has 0 aliphatic rings. The zero-order valence-corrected chi connectivity index (χ0v) is 9.79. The summed E-state index contributed by atoms with van der Waals surface area (Å²) in [5.41, 5.74) is 0. The Morgan fingerprint density at radius 2 is 2.33 bits per heavy atom. The number of nitrogens with zero attached hydrogens (tertiary/aromatic N) is 2. The minimum atomic E-state index is 0.349. The molecule has 0 radical (unpaired) electrons. The van der Waals surface area contributed by atoms with Gasteiger partial charge in [-0.3, -0.25) is 0 Å². The van der Waals surface area contributed by atoms with Crippen molar-refractivity contribution in [2.45, 2.75) is 25.8 Å². The number of hydrogen-bond acceptors (Lipinski definition) is 4. The minimum absolute atomic E-state index is 0.349. The third kappa shape index (κ3) is 3.91. The molecule has 0 bridgehead atoms. The van der Waals surface area contributed by atoms with Gasteiger partial charge in [0, 0.05) is 18.0 Å².